The van der Waals surface area contributed by atoms with Crippen LogP contribution in [0.4, 0.5) is 0 Å². The number of carbonyl (C=O) groups is 1. The monoisotopic (exact) mass is 210 g/mol. The third-order valence-electron chi connectivity index (χ3n) is 4.09. The van der Waals surface area contributed by atoms with Crippen LogP contribution in [0.25, 0.3) is 0 Å². The van der Waals surface area contributed by atoms with Crippen LogP contribution in [0.3, 0.4) is 0 Å². The smallest absolute Gasteiger partial charge is 0.238 e. The van der Waals surface area contributed by atoms with E-state index < -0.39 is 5.54 Å². The molecule has 2 fully saturated rings. The van der Waals surface area contributed by atoms with Gasteiger partial charge >= 0.3 is 0 Å². The summed E-state index contributed by atoms with van der Waals surface area (Å²) in [4.78, 5) is 11.7. The van der Waals surface area contributed by atoms with Crippen LogP contribution in [0.15, 0.2) is 0 Å². The van der Waals surface area contributed by atoms with Gasteiger partial charge in [-0.3, -0.25) is 4.79 Å². The van der Waals surface area contributed by atoms with Crippen LogP contribution >= 0.6 is 0 Å². The van der Waals surface area contributed by atoms with E-state index >= 15 is 0 Å². The molecule has 15 heavy (non-hydrogen) atoms. The van der Waals surface area contributed by atoms with Gasteiger partial charge in [0.25, 0.3) is 0 Å². The molecule has 0 bridgehead atoms. The largest absolute Gasteiger partial charge is 0.368 e. The van der Waals surface area contributed by atoms with Gasteiger partial charge in [0.2, 0.25) is 5.91 Å². The predicted octanol–water partition coefficient (Wildman–Crippen LogP) is 1.56. The maximum Gasteiger partial charge on any atom is 0.238 e. The molecule has 3 N–H and O–H groups in total. The zero-order valence-electron chi connectivity index (χ0n) is 9.59. The van der Waals surface area contributed by atoms with E-state index in [-0.39, 0.29) is 5.91 Å². The van der Waals surface area contributed by atoms with Crippen molar-refractivity contribution in [2.75, 3.05) is 0 Å². The fraction of sp³-hybridized carbons (Fsp3) is 0.917. The van der Waals surface area contributed by atoms with Crippen molar-refractivity contribution in [2.24, 2.45) is 11.7 Å². The molecule has 1 amide bonds. The maximum absolute atomic E-state index is 11.7. The summed E-state index contributed by atoms with van der Waals surface area (Å²) in [7, 11) is 0. The van der Waals surface area contributed by atoms with Crippen molar-refractivity contribution in [3.8, 4) is 0 Å². The zero-order valence-corrected chi connectivity index (χ0v) is 9.59. The molecular formula is C12H22N2O. The molecular weight excluding hydrogens is 188 g/mol. The summed E-state index contributed by atoms with van der Waals surface area (Å²) in [6, 6.07) is 0.526. The lowest BCUT2D eigenvalue weighted by molar-refractivity contribution is -0.125. The molecule has 0 radical (unpaired) electrons. The Morgan fingerprint density at radius 2 is 1.93 bits per heavy atom. The van der Waals surface area contributed by atoms with Crippen molar-refractivity contribution in [3.05, 3.63) is 0 Å². The second-order valence-electron chi connectivity index (χ2n) is 5.09. The van der Waals surface area contributed by atoms with Gasteiger partial charge in [-0.25, -0.2) is 0 Å². The molecule has 1 unspecified atom stereocenters. The van der Waals surface area contributed by atoms with Crippen LogP contribution in [-0.2, 0) is 4.79 Å². The highest BCUT2D eigenvalue weighted by atomic mass is 16.1. The summed E-state index contributed by atoms with van der Waals surface area (Å²) in [5.41, 5.74) is 5.21. The lowest BCUT2D eigenvalue weighted by Gasteiger charge is -2.34. The summed E-state index contributed by atoms with van der Waals surface area (Å²) < 4.78 is 0. The van der Waals surface area contributed by atoms with Gasteiger partial charge in [-0.15, -0.1) is 0 Å². The topological polar surface area (TPSA) is 55.1 Å². The van der Waals surface area contributed by atoms with Crippen molar-refractivity contribution in [3.63, 3.8) is 0 Å². The Balaban J connectivity index is 2.06. The van der Waals surface area contributed by atoms with E-state index in [9.17, 15) is 4.79 Å². The van der Waals surface area contributed by atoms with Gasteiger partial charge in [0.1, 0.15) is 5.54 Å². The Labute approximate surface area is 91.8 Å². The van der Waals surface area contributed by atoms with Gasteiger partial charge in [-0.2, -0.15) is 0 Å². The Morgan fingerprint density at radius 1 is 1.33 bits per heavy atom. The number of hydrogen-bond acceptors (Lipinski definition) is 2. The third kappa shape index (κ3) is 2.03. The molecule has 2 saturated carbocycles. The molecule has 3 heteroatoms. The maximum atomic E-state index is 11.7. The highest BCUT2D eigenvalue weighted by Crippen LogP contribution is 2.42. The van der Waals surface area contributed by atoms with Crippen LogP contribution in [0.1, 0.15) is 51.9 Å². The molecule has 0 aromatic rings. The van der Waals surface area contributed by atoms with Crippen molar-refractivity contribution in [1.82, 2.24) is 5.32 Å². The van der Waals surface area contributed by atoms with Gasteiger partial charge in [-0.1, -0.05) is 19.8 Å². The number of primary amides is 1. The first kappa shape index (κ1) is 10.9. The molecule has 0 aromatic carbocycles. The Hall–Kier alpha value is -0.570. The van der Waals surface area contributed by atoms with E-state index in [2.05, 4.69) is 12.2 Å². The number of nitrogens with two attached hydrogens (primary N) is 1. The highest BCUT2D eigenvalue weighted by Gasteiger charge is 2.49. The van der Waals surface area contributed by atoms with E-state index in [0.29, 0.717) is 12.0 Å². The Kier molecular flexibility index (Phi) is 3.01. The van der Waals surface area contributed by atoms with Crippen molar-refractivity contribution < 1.29 is 4.79 Å². The molecule has 0 spiro atoms. The van der Waals surface area contributed by atoms with Crippen molar-refractivity contribution in [2.45, 2.75) is 63.5 Å². The molecule has 86 valence electrons. The molecule has 0 saturated heterocycles. The summed E-state index contributed by atoms with van der Waals surface area (Å²) in [6.45, 7) is 2.07. The second kappa shape index (κ2) is 4.12. The summed E-state index contributed by atoms with van der Waals surface area (Å²) in [6.07, 6.45) is 8.17. The van der Waals surface area contributed by atoms with E-state index in [1.54, 1.807) is 0 Å². The normalized spacial score (nSPS) is 26.5. The first-order valence-corrected chi connectivity index (χ1v) is 6.26. The number of amides is 1. The minimum atomic E-state index is -0.394. The average molecular weight is 210 g/mol. The first-order chi connectivity index (χ1) is 7.19. The van der Waals surface area contributed by atoms with Crippen LogP contribution in [0, 0.1) is 5.92 Å². The van der Waals surface area contributed by atoms with Gasteiger partial charge in [0.15, 0.2) is 0 Å². The van der Waals surface area contributed by atoms with E-state index in [1.807, 2.05) is 0 Å². The van der Waals surface area contributed by atoms with E-state index in [4.69, 9.17) is 5.73 Å². The van der Waals surface area contributed by atoms with Crippen LogP contribution in [0.5, 0.6) is 0 Å². The molecule has 3 nitrogen and oxygen atoms in total. The number of nitrogens with one attached hydrogen (secondary N) is 1. The quantitative estimate of drug-likeness (QED) is 0.723. The highest BCUT2D eigenvalue weighted by molar-refractivity contribution is 5.85. The predicted molar refractivity (Wildman–Crippen MR) is 60.3 cm³/mol. The fourth-order valence-corrected chi connectivity index (χ4v) is 2.97. The van der Waals surface area contributed by atoms with Gasteiger partial charge in [0.05, 0.1) is 0 Å². The lowest BCUT2D eigenvalue weighted by atomic mass is 9.88. The molecule has 0 aliphatic heterocycles. The average Bonchev–Trinajstić information content (AvgIpc) is 2.94. The lowest BCUT2D eigenvalue weighted by Crippen LogP contribution is -2.59. The standard InChI is InChI=1S/C12H22N2O/c1-2-12(11(13)15,9-7-8-9)14-10-5-3-4-6-10/h9-10,14H,2-8H2,1H3,(H2,13,15). The SMILES string of the molecule is CCC(NC1CCCC1)(C(N)=O)C1CC1. The minimum absolute atomic E-state index is 0.139. The molecule has 2 rings (SSSR count). The minimum Gasteiger partial charge on any atom is -0.368 e. The number of rotatable bonds is 5. The molecule has 0 heterocycles. The molecule has 2 aliphatic carbocycles. The van der Waals surface area contributed by atoms with Gasteiger partial charge < -0.3 is 11.1 Å². The van der Waals surface area contributed by atoms with Gasteiger partial charge in [0, 0.05) is 6.04 Å². The van der Waals surface area contributed by atoms with Crippen LogP contribution in [-0.4, -0.2) is 17.5 Å². The second-order valence-corrected chi connectivity index (χ2v) is 5.09. The van der Waals surface area contributed by atoms with Gasteiger partial charge in [-0.05, 0) is 38.0 Å². The van der Waals surface area contributed by atoms with E-state index in [1.165, 1.54) is 25.7 Å². The van der Waals surface area contributed by atoms with Crippen LogP contribution in [0.2, 0.25) is 0 Å². The Morgan fingerprint density at radius 3 is 2.33 bits per heavy atom. The molecule has 1 atom stereocenters. The van der Waals surface area contributed by atoms with E-state index in [0.717, 1.165) is 19.3 Å². The summed E-state index contributed by atoms with van der Waals surface area (Å²) in [5, 5.41) is 3.57. The molecule has 0 aromatic heterocycles. The summed E-state index contributed by atoms with van der Waals surface area (Å²) >= 11 is 0. The number of carbonyl (C=O) groups excluding carboxylic acids is 1. The van der Waals surface area contributed by atoms with Crippen LogP contribution < -0.4 is 11.1 Å². The summed E-state index contributed by atoms with van der Waals surface area (Å²) in [5.74, 6) is 0.361. The first-order valence-electron chi connectivity index (χ1n) is 6.26. The van der Waals surface area contributed by atoms with Crippen molar-refractivity contribution >= 4 is 5.91 Å². The zero-order chi connectivity index (χ0) is 10.9. The van der Waals surface area contributed by atoms with Crippen molar-refractivity contribution in [1.29, 1.82) is 0 Å². The number of hydrogen-bond donors (Lipinski definition) is 2. The molecule has 2 aliphatic rings. The fourth-order valence-electron chi connectivity index (χ4n) is 2.97. The Bertz CT molecular complexity index is 244. The third-order valence-corrected chi connectivity index (χ3v) is 4.09.